The van der Waals surface area contributed by atoms with Crippen LogP contribution >= 0.6 is 11.8 Å². The minimum absolute atomic E-state index is 0.0833. The average molecular weight is 314 g/mol. The second kappa shape index (κ2) is 7.13. The number of benzene rings is 2. The second-order valence-corrected chi connectivity index (χ2v) is 6.34. The van der Waals surface area contributed by atoms with Crippen LogP contribution in [0.5, 0.6) is 0 Å². The van der Waals surface area contributed by atoms with Gasteiger partial charge in [-0.05, 0) is 49.7 Å². The van der Waals surface area contributed by atoms with Crippen molar-refractivity contribution in [3.63, 3.8) is 0 Å². The van der Waals surface area contributed by atoms with E-state index in [1.807, 2.05) is 38.1 Å². The molecule has 1 atom stereocenters. The summed E-state index contributed by atoms with van der Waals surface area (Å²) in [6.45, 7) is 3.89. The maximum absolute atomic E-state index is 12.2. The van der Waals surface area contributed by atoms with Gasteiger partial charge >= 0.3 is 0 Å². The molecule has 4 nitrogen and oxygen atoms in total. The molecule has 0 saturated heterocycles. The number of amides is 2. The second-order valence-electron chi connectivity index (χ2n) is 4.96. The lowest BCUT2D eigenvalue weighted by Gasteiger charge is -2.13. The Bertz CT molecular complexity index is 683. The van der Waals surface area contributed by atoms with Crippen LogP contribution in [0.25, 0.3) is 0 Å². The predicted octanol–water partition coefficient (Wildman–Crippen LogP) is 3.21. The van der Waals surface area contributed by atoms with Crippen molar-refractivity contribution in [3.8, 4) is 0 Å². The lowest BCUT2D eigenvalue weighted by atomic mass is 10.2. The van der Waals surface area contributed by atoms with Gasteiger partial charge in [-0.15, -0.1) is 11.8 Å². The van der Waals surface area contributed by atoms with Gasteiger partial charge in [0.2, 0.25) is 11.8 Å². The normalized spacial score (nSPS) is 11.7. The molecule has 0 spiro atoms. The highest BCUT2D eigenvalue weighted by atomic mass is 32.2. The van der Waals surface area contributed by atoms with Gasteiger partial charge in [0.25, 0.3) is 0 Å². The Kier molecular flexibility index (Phi) is 5.22. The number of primary amides is 1. The molecule has 114 valence electrons. The van der Waals surface area contributed by atoms with Crippen molar-refractivity contribution in [2.75, 3.05) is 5.32 Å². The zero-order valence-electron chi connectivity index (χ0n) is 12.5. The van der Waals surface area contributed by atoms with Gasteiger partial charge < -0.3 is 11.1 Å². The predicted molar refractivity (Wildman–Crippen MR) is 90.1 cm³/mol. The van der Waals surface area contributed by atoms with Crippen LogP contribution in [0.4, 0.5) is 5.69 Å². The number of rotatable bonds is 5. The number of thioether (sulfide) groups is 1. The molecule has 5 heteroatoms. The van der Waals surface area contributed by atoms with E-state index in [-0.39, 0.29) is 11.2 Å². The first kappa shape index (κ1) is 16.1. The molecule has 22 heavy (non-hydrogen) atoms. The van der Waals surface area contributed by atoms with Gasteiger partial charge in [-0.1, -0.05) is 18.2 Å². The fourth-order valence-electron chi connectivity index (χ4n) is 1.89. The molecule has 0 aliphatic carbocycles. The molecule has 2 aromatic carbocycles. The van der Waals surface area contributed by atoms with Crippen LogP contribution in [0, 0.1) is 6.92 Å². The average Bonchev–Trinajstić information content (AvgIpc) is 2.50. The van der Waals surface area contributed by atoms with Gasteiger partial charge in [-0.3, -0.25) is 9.59 Å². The van der Waals surface area contributed by atoms with Crippen molar-refractivity contribution in [3.05, 3.63) is 59.7 Å². The molecule has 2 aromatic rings. The smallest absolute Gasteiger partial charge is 0.248 e. The van der Waals surface area contributed by atoms with Gasteiger partial charge in [-0.2, -0.15) is 0 Å². The van der Waals surface area contributed by atoms with E-state index in [0.717, 1.165) is 10.5 Å². The molecule has 2 rings (SSSR count). The van der Waals surface area contributed by atoms with Crippen molar-refractivity contribution in [2.45, 2.75) is 24.0 Å². The Morgan fingerprint density at radius 1 is 1.09 bits per heavy atom. The molecule has 0 aliphatic rings. The first-order valence-corrected chi connectivity index (χ1v) is 7.78. The minimum Gasteiger partial charge on any atom is -0.366 e. The van der Waals surface area contributed by atoms with Crippen molar-refractivity contribution >= 4 is 29.3 Å². The van der Waals surface area contributed by atoms with E-state index in [4.69, 9.17) is 5.73 Å². The summed E-state index contributed by atoms with van der Waals surface area (Å²) in [4.78, 5) is 24.3. The lowest BCUT2D eigenvalue weighted by molar-refractivity contribution is -0.115. The SMILES string of the molecule is Cc1ccccc1SC(C)C(=O)Nc1ccc(C(N)=O)cc1. The van der Waals surface area contributed by atoms with Gasteiger partial charge in [0, 0.05) is 16.1 Å². The quantitative estimate of drug-likeness (QED) is 0.832. The molecule has 2 amide bonds. The van der Waals surface area contributed by atoms with Crippen molar-refractivity contribution < 1.29 is 9.59 Å². The van der Waals surface area contributed by atoms with Gasteiger partial charge in [0.15, 0.2) is 0 Å². The van der Waals surface area contributed by atoms with E-state index in [1.54, 1.807) is 24.3 Å². The molecule has 0 fully saturated rings. The van der Waals surface area contributed by atoms with Crippen LogP contribution < -0.4 is 11.1 Å². The van der Waals surface area contributed by atoms with Crippen LogP contribution in [0.3, 0.4) is 0 Å². The molecule has 3 N–H and O–H groups in total. The molecule has 0 aliphatic heterocycles. The van der Waals surface area contributed by atoms with Gasteiger partial charge in [0.05, 0.1) is 5.25 Å². The lowest BCUT2D eigenvalue weighted by Crippen LogP contribution is -2.22. The Labute approximate surface area is 134 Å². The van der Waals surface area contributed by atoms with E-state index in [0.29, 0.717) is 11.3 Å². The van der Waals surface area contributed by atoms with Crippen molar-refractivity contribution in [2.24, 2.45) is 5.73 Å². The molecule has 0 heterocycles. The summed E-state index contributed by atoms with van der Waals surface area (Å²) < 4.78 is 0. The highest BCUT2D eigenvalue weighted by molar-refractivity contribution is 8.00. The number of nitrogens with one attached hydrogen (secondary N) is 1. The largest absolute Gasteiger partial charge is 0.366 e. The number of hydrogen-bond donors (Lipinski definition) is 2. The van der Waals surface area contributed by atoms with E-state index >= 15 is 0 Å². The zero-order chi connectivity index (χ0) is 16.1. The molecule has 0 radical (unpaired) electrons. The Hall–Kier alpha value is -2.27. The highest BCUT2D eigenvalue weighted by Crippen LogP contribution is 2.27. The monoisotopic (exact) mass is 314 g/mol. The van der Waals surface area contributed by atoms with Crippen LogP contribution in [0.15, 0.2) is 53.4 Å². The third-order valence-corrected chi connectivity index (χ3v) is 4.48. The summed E-state index contributed by atoms with van der Waals surface area (Å²) in [5, 5.41) is 2.61. The van der Waals surface area contributed by atoms with Crippen molar-refractivity contribution in [1.29, 1.82) is 0 Å². The molecule has 0 saturated carbocycles. The molecular formula is C17H18N2O2S. The molecule has 1 unspecified atom stereocenters. The minimum atomic E-state index is -0.485. The molecule has 0 aromatic heterocycles. The van der Waals surface area contributed by atoms with Crippen LogP contribution in [0.1, 0.15) is 22.8 Å². The maximum atomic E-state index is 12.2. The maximum Gasteiger partial charge on any atom is 0.248 e. The Balaban J connectivity index is 1.99. The third-order valence-electron chi connectivity index (χ3n) is 3.20. The van der Waals surface area contributed by atoms with Gasteiger partial charge in [0.1, 0.15) is 0 Å². The number of hydrogen-bond acceptors (Lipinski definition) is 3. The Morgan fingerprint density at radius 2 is 1.73 bits per heavy atom. The summed E-state index contributed by atoms with van der Waals surface area (Å²) in [5.74, 6) is -0.568. The summed E-state index contributed by atoms with van der Waals surface area (Å²) in [6.07, 6.45) is 0. The standard InChI is InChI=1S/C17H18N2O2S/c1-11-5-3-4-6-15(11)22-12(2)17(21)19-14-9-7-13(8-10-14)16(18)20/h3-10,12H,1-2H3,(H2,18,20)(H,19,21). The first-order valence-electron chi connectivity index (χ1n) is 6.90. The van der Waals surface area contributed by atoms with E-state index in [9.17, 15) is 9.59 Å². The molecule has 0 bridgehead atoms. The van der Waals surface area contributed by atoms with Crippen molar-refractivity contribution in [1.82, 2.24) is 0 Å². The number of nitrogens with two attached hydrogens (primary N) is 1. The van der Waals surface area contributed by atoms with Crippen LogP contribution in [0.2, 0.25) is 0 Å². The topological polar surface area (TPSA) is 72.2 Å². The van der Waals surface area contributed by atoms with E-state index in [1.165, 1.54) is 11.8 Å². The highest BCUT2D eigenvalue weighted by Gasteiger charge is 2.15. The molecular weight excluding hydrogens is 296 g/mol. The summed E-state index contributed by atoms with van der Waals surface area (Å²) in [7, 11) is 0. The Morgan fingerprint density at radius 3 is 2.32 bits per heavy atom. The van der Waals surface area contributed by atoms with E-state index in [2.05, 4.69) is 5.32 Å². The fourth-order valence-corrected chi connectivity index (χ4v) is 2.85. The number of anilines is 1. The third kappa shape index (κ3) is 4.11. The zero-order valence-corrected chi connectivity index (χ0v) is 13.3. The van der Waals surface area contributed by atoms with E-state index < -0.39 is 5.91 Å². The van der Waals surface area contributed by atoms with Gasteiger partial charge in [-0.25, -0.2) is 0 Å². The summed E-state index contributed by atoms with van der Waals surface area (Å²) in [6, 6.07) is 14.5. The van der Waals surface area contributed by atoms with Crippen LogP contribution in [-0.2, 0) is 4.79 Å². The number of carbonyl (C=O) groups is 2. The number of aryl methyl sites for hydroxylation is 1. The fraction of sp³-hybridized carbons (Fsp3) is 0.176. The number of carbonyl (C=O) groups excluding carboxylic acids is 2. The summed E-state index contributed by atoms with van der Waals surface area (Å²) >= 11 is 1.52. The van der Waals surface area contributed by atoms with Crippen LogP contribution in [-0.4, -0.2) is 17.1 Å². The summed E-state index contributed by atoms with van der Waals surface area (Å²) in [5.41, 5.74) is 7.40. The first-order chi connectivity index (χ1) is 10.5.